The highest BCUT2D eigenvalue weighted by molar-refractivity contribution is 7.99. The van der Waals surface area contributed by atoms with Crippen molar-refractivity contribution < 1.29 is 4.79 Å². The summed E-state index contributed by atoms with van der Waals surface area (Å²) < 4.78 is 1.48. The Balaban J connectivity index is 2.37. The van der Waals surface area contributed by atoms with E-state index in [-0.39, 0.29) is 16.3 Å². The Bertz CT molecular complexity index is 610. The van der Waals surface area contributed by atoms with Crippen LogP contribution in [0.15, 0.2) is 52.5 Å². The lowest BCUT2D eigenvalue weighted by Gasteiger charge is -2.06. The van der Waals surface area contributed by atoms with Gasteiger partial charge in [-0.3, -0.25) is 14.2 Å². The van der Waals surface area contributed by atoms with Gasteiger partial charge in [-0.1, -0.05) is 30.0 Å². The van der Waals surface area contributed by atoms with E-state index in [9.17, 15) is 9.59 Å². The van der Waals surface area contributed by atoms with Gasteiger partial charge in [0.05, 0.1) is 5.75 Å². The van der Waals surface area contributed by atoms with Crippen LogP contribution >= 0.6 is 11.8 Å². The number of hydrogen-bond acceptors (Lipinski definition) is 4. The van der Waals surface area contributed by atoms with Crippen LogP contribution in [-0.4, -0.2) is 21.2 Å². The fourth-order valence-electron chi connectivity index (χ4n) is 1.42. The molecular formula is C12H11N3O2S. The zero-order valence-electron chi connectivity index (χ0n) is 9.45. The van der Waals surface area contributed by atoms with Crippen molar-refractivity contribution in [2.75, 3.05) is 5.75 Å². The maximum atomic E-state index is 12.1. The minimum atomic E-state index is -0.476. The van der Waals surface area contributed by atoms with Gasteiger partial charge >= 0.3 is 0 Å². The van der Waals surface area contributed by atoms with Crippen LogP contribution in [-0.2, 0) is 4.79 Å². The van der Waals surface area contributed by atoms with Crippen LogP contribution in [0.25, 0.3) is 5.69 Å². The smallest absolute Gasteiger partial charge is 0.287 e. The molecule has 2 N–H and O–H groups in total. The molecule has 0 spiro atoms. The summed E-state index contributed by atoms with van der Waals surface area (Å²) >= 11 is 1.04. The van der Waals surface area contributed by atoms with Gasteiger partial charge in [0.15, 0.2) is 5.03 Å². The van der Waals surface area contributed by atoms with E-state index in [0.29, 0.717) is 0 Å². The summed E-state index contributed by atoms with van der Waals surface area (Å²) in [5.74, 6) is -0.433. The van der Waals surface area contributed by atoms with Crippen molar-refractivity contribution in [1.82, 2.24) is 9.55 Å². The fraction of sp³-hybridized carbons (Fsp3) is 0.0833. The largest absolute Gasteiger partial charge is 0.369 e. The molecule has 2 aromatic rings. The molecule has 0 fully saturated rings. The van der Waals surface area contributed by atoms with Crippen LogP contribution in [0.4, 0.5) is 0 Å². The van der Waals surface area contributed by atoms with Crippen molar-refractivity contribution in [3.63, 3.8) is 0 Å². The Morgan fingerprint density at radius 1 is 1.33 bits per heavy atom. The molecule has 1 amide bonds. The van der Waals surface area contributed by atoms with E-state index in [2.05, 4.69) is 4.98 Å². The zero-order chi connectivity index (χ0) is 13.0. The molecule has 92 valence electrons. The lowest BCUT2D eigenvalue weighted by Crippen LogP contribution is -2.22. The standard InChI is InChI=1S/C12H11N3O2S/c13-10(16)8-18-11-12(17)15(7-6-14-11)9-4-2-1-3-5-9/h1-7H,8H2,(H2,13,16). The number of carbonyl (C=O) groups excluding carboxylic acids is 1. The van der Waals surface area contributed by atoms with Crippen LogP contribution < -0.4 is 11.3 Å². The zero-order valence-corrected chi connectivity index (χ0v) is 10.3. The molecule has 0 aliphatic rings. The van der Waals surface area contributed by atoms with Crippen molar-refractivity contribution in [2.45, 2.75) is 5.03 Å². The van der Waals surface area contributed by atoms with Crippen LogP contribution in [0.5, 0.6) is 0 Å². The summed E-state index contributed by atoms with van der Waals surface area (Å²) in [5, 5.41) is 0.264. The number of amides is 1. The predicted octanol–water partition coefficient (Wildman–Crippen LogP) is 0.810. The van der Waals surface area contributed by atoms with Crippen molar-refractivity contribution >= 4 is 17.7 Å². The number of nitrogens with zero attached hydrogens (tertiary/aromatic N) is 2. The molecule has 0 unspecified atom stereocenters. The van der Waals surface area contributed by atoms with Crippen LogP contribution in [0.2, 0.25) is 0 Å². The van der Waals surface area contributed by atoms with Crippen LogP contribution in [0.3, 0.4) is 0 Å². The van der Waals surface area contributed by atoms with Gasteiger partial charge in [-0.05, 0) is 12.1 Å². The van der Waals surface area contributed by atoms with E-state index < -0.39 is 5.91 Å². The maximum absolute atomic E-state index is 12.1. The summed E-state index contributed by atoms with van der Waals surface area (Å²) in [6.45, 7) is 0. The number of benzene rings is 1. The molecular weight excluding hydrogens is 250 g/mol. The molecule has 18 heavy (non-hydrogen) atoms. The lowest BCUT2D eigenvalue weighted by molar-refractivity contribution is -0.115. The second-order valence-electron chi connectivity index (χ2n) is 3.50. The van der Waals surface area contributed by atoms with E-state index in [1.165, 1.54) is 10.8 Å². The molecule has 0 atom stereocenters. The van der Waals surface area contributed by atoms with Gasteiger partial charge < -0.3 is 5.73 Å². The highest BCUT2D eigenvalue weighted by Crippen LogP contribution is 2.10. The first-order valence-corrected chi connectivity index (χ1v) is 6.21. The number of primary amides is 1. The molecule has 0 saturated carbocycles. The van der Waals surface area contributed by atoms with E-state index in [0.717, 1.165) is 17.4 Å². The second-order valence-corrected chi connectivity index (χ2v) is 4.46. The van der Waals surface area contributed by atoms with Gasteiger partial charge in [0.25, 0.3) is 5.56 Å². The number of carbonyl (C=O) groups is 1. The van der Waals surface area contributed by atoms with Gasteiger partial charge in [0.1, 0.15) is 0 Å². The summed E-state index contributed by atoms with van der Waals surface area (Å²) in [6, 6.07) is 9.21. The summed E-state index contributed by atoms with van der Waals surface area (Å²) in [4.78, 5) is 26.8. The molecule has 0 saturated heterocycles. The van der Waals surface area contributed by atoms with Crippen molar-refractivity contribution in [1.29, 1.82) is 0 Å². The third kappa shape index (κ3) is 2.78. The van der Waals surface area contributed by atoms with E-state index in [4.69, 9.17) is 5.73 Å². The van der Waals surface area contributed by atoms with E-state index in [1.54, 1.807) is 6.20 Å². The van der Waals surface area contributed by atoms with Gasteiger partial charge in [-0.2, -0.15) is 0 Å². The quantitative estimate of drug-likeness (QED) is 0.826. The Morgan fingerprint density at radius 2 is 2.06 bits per heavy atom. The van der Waals surface area contributed by atoms with Crippen molar-refractivity contribution in [3.8, 4) is 5.69 Å². The third-order valence-electron chi connectivity index (χ3n) is 2.19. The van der Waals surface area contributed by atoms with Gasteiger partial charge in [-0.25, -0.2) is 4.98 Å². The summed E-state index contributed by atoms with van der Waals surface area (Å²) in [6.07, 6.45) is 3.11. The minimum Gasteiger partial charge on any atom is -0.369 e. The maximum Gasteiger partial charge on any atom is 0.287 e. The van der Waals surface area contributed by atoms with Gasteiger partial charge in [0, 0.05) is 18.1 Å². The van der Waals surface area contributed by atoms with Crippen molar-refractivity contribution in [2.24, 2.45) is 5.73 Å². The van der Waals surface area contributed by atoms with Gasteiger partial charge in [-0.15, -0.1) is 0 Å². The van der Waals surface area contributed by atoms with E-state index >= 15 is 0 Å². The van der Waals surface area contributed by atoms with Crippen LogP contribution in [0, 0.1) is 0 Å². The van der Waals surface area contributed by atoms with Crippen molar-refractivity contribution in [3.05, 3.63) is 53.1 Å². The summed E-state index contributed by atoms with van der Waals surface area (Å²) in [5.41, 5.74) is 5.54. The Morgan fingerprint density at radius 3 is 2.72 bits per heavy atom. The fourth-order valence-corrected chi connectivity index (χ4v) is 2.06. The molecule has 6 heteroatoms. The normalized spacial score (nSPS) is 10.2. The number of hydrogen-bond donors (Lipinski definition) is 1. The predicted molar refractivity (Wildman–Crippen MR) is 69.8 cm³/mol. The molecule has 2 rings (SSSR count). The first kappa shape index (κ1) is 12.4. The number of para-hydroxylation sites is 1. The first-order chi connectivity index (χ1) is 8.68. The number of thioether (sulfide) groups is 1. The molecule has 0 bridgehead atoms. The second kappa shape index (κ2) is 5.50. The molecule has 0 radical (unpaired) electrons. The minimum absolute atomic E-state index is 0.0427. The molecule has 1 aromatic carbocycles. The molecule has 0 aliphatic heterocycles. The number of rotatable bonds is 4. The number of aromatic nitrogens is 2. The highest BCUT2D eigenvalue weighted by Gasteiger charge is 2.07. The Kier molecular flexibility index (Phi) is 3.78. The Labute approximate surface area is 108 Å². The molecule has 5 nitrogen and oxygen atoms in total. The average molecular weight is 261 g/mol. The molecule has 1 heterocycles. The number of nitrogens with two attached hydrogens (primary N) is 1. The SMILES string of the molecule is NC(=O)CSc1nccn(-c2ccccc2)c1=O. The van der Waals surface area contributed by atoms with Crippen LogP contribution in [0.1, 0.15) is 0 Å². The third-order valence-corrected chi connectivity index (χ3v) is 3.18. The lowest BCUT2D eigenvalue weighted by atomic mass is 10.3. The van der Waals surface area contributed by atoms with E-state index in [1.807, 2.05) is 30.3 Å². The average Bonchev–Trinajstić information content (AvgIpc) is 2.38. The molecule has 0 aliphatic carbocycles. The topological polar surface area (TPSA) is 78.0 Å². The highest BCUT2D eigenvalue weighted by atomic mass is 32.2. The molecule has 1 aromatic heterocycles. The Hall–Kier alpha value is -2.08. The monoisotopic (exact) mass is 261 g/mol. The first-order valence-electron chi connectivity index (χ1n) is 5.22. The summed E-state index contributed by atoms with van der Waals surface area (Å²) in [7, 11) is 0. The van der Waals surface area contributed by atoms with Gasteiger partial charge in [0.2, 0.25) is 5.91 Å².